The second-order valence-corrected chi connectivity index (χ2v) is 5.21. The zero-order chi connectivity index (χ0) is 15.2. The molecule has 0 aliphatic carbocycles. The van der Waals surface area contributed by atoms with E-state index in [0.29, 0.717) is 19.5 Å². The van der Waals surface area contributed by atoms with Crippen molar-refractivity contribution in [1.82, 2.24) is 9.80 Å². The van der Waals surface area contributed by atoms with E-state index >= 15 is 0 Å². The van der Waals surface area contributed by atoms with Gasteiger partial charge in [-0.25, -0.2) is 4.79 Å². The Labute approximate surface area is 125 Å². The minimum absolute atomic E-state index is 0.0494. The SMILES string of the molecule is C=CCN(CC1CC(c2ccccc2)=NO1)C(=O)N(C)C. The van der Waals surface area contributed by atoms with Crippen LogP contribution in [0.25, 0.3) is 0 Å². The molecule has 1 aliphatic heterocycles. The highest BCUT2D eigenvalue weighted by Crippen LogP contribution is 2.17. The monoisotopic (exact) mass is 287 g/mol. The number of rotatable bonds is 5. The first-order valence-corrected chi connectivity index (χ1v) is 6.97. The molecular weight excluding hydrogens is 266 g/mol. The number of nitrogens with zero attached hydrogens (tertiary/aromatic N) is 3. The molecule has 0 spiro atoms. The van der Waals surface area contributed by atoms with Gasteiger partial charge in [-0.3, -0.25) is 0 Å². The van der Waals surface area contributed by atoms with Crippen LogP contribution >= 0.6 is 0 Å². The van der Waals surface area contributed by atoms with Crippen LogP contribution in [0.5, 0.6) is 0 Å². The first-order chi connectivity index (χ1) is 10.1. The van der Waals surface area contributed by atoms with Gasteiger partial charge in [0.1, 0.15) is 0 Å². The van der Waals surface area contributed by atoms with Gasteiger partial charge in [-0.1, -0.05) is 41.6 Å². The zero-order valence-electron chi connectivity index (χ0n) is 12.5. The van der Waals surface area contributed by atoms with Gasteiger partial charge in [0.15, 0.2) is 6.10 Å². The molecule has 0 aromatic heterocycles. The van der Waals surface area contributed by atoms with Gasteiger partial charge in [0.2, 0.25) is 0 Å². The normalized spacial score (nSPS) is 16.9. The number of amides is 2. The van der Waals surface area contributed by atoms with Gasteiger partial charge in [0.05, 0.1) is 12.3 Å². The number of carbonyl (C=O) groups is 1. The molecule has 1 heterocycles. The van der Waals surface area contributed by atoms with Crippen LogP contribution in [-0.2, 0) is 4.84 Å². The molecule has 112 valence electrons. The molecular formula is C16H21N3O2. The van der Waals surface area contributed by atoms with Gasteiger partial charge in [-0.05, 0) is 5.56 Å². The summed E-state index contributed by atoms with van der Waals surface area (Å²) in [7, 11) is 3.47. The summed E-state index contributed by atoms with van der Waals surface area (Å²) >= 11 is 0. The second-order valence-electron chi connectivity index (χ2n) is 5.21. The Hall–Kier alpha value is -2.30. The molecule has 0 saturated carbocycles. The van der Waals surface area contributed by atoms with Gasteiger partial charge < -0.3 is 14.6 Å². The van der Waals surface area contributed by atoms with Crippen LogP contribution in [0.1, 0.15) is 12.0 Å². The largest absolute Gasteiger partial charge is 0.390 e. The van der Waals surface area contributed by atoms with Gasteiger partial charge in [-0.15, -0.1) is 6.58 Å². The van der Waals surface area contributed by atoms with E-state index in [1.807, 2.05) is 30.3 Å². The summed E-state index contributed by atoms with van der Waals surface area (Å²) in [6.45, 7) is 4.70. The number of hydrogen-bond acceptors (Lipinski definition) is 3. The Morgan fingerprint density at radius 2 is 2.14 bits per heavy atom. The molecule has 0 N–H and O–H groups in total. The maximum atomic E-state index is 12.1. The van der Waals surface area contributed by atoms with E-state index in [1.54, 1.807) is 30.0 Å². The quantitative estimate of drug-likeness (QED) is 0.780. The van der Waals surface area contributed by atoms with Crippen molar-refractivity contribution in [1.29, 1.82) is 0 Å². The van der Waals surface area contributed by atoms with Crippen LogP contribution in [-0.4, -0.2) is 54.8 Å². The summed E-state index contributed by atoms with van der Waals surface area (Å²) in [5.41, 5.74) is 1.99. The maximum absolute atomic E-state index is 12.1. The number of urea groups is 1. The average Bonchev–Trinajstić information content (AvgIpc) is 2.95. The topological polar surface area (TPSA) is 45.1 Å². The summed E-state index contributed by atoms with van der Waals surface area (Å²) in [6.07, 6.45) is 2.32. The van der Waals surface area contributed by atoms with Crippen molar-refractivity contribution in [2.75, 3.05) is 27.2 Å². The van der Waals surface area contributed by atoms with Crippen LogP contribution in [0, 0.1) is 0 Å². The molecule has 0 bridgehead atoms. The van der Waals surface area contributed by atoms with Crippen LogP contribution < -0.4 is 0 Å². The molecule has 0 fully saturated rings. The fraction of sp³-hybridized carbons (Fsp3) is 0.375. The minimum Gasteiger partial charge on any atom is -0.390 e. The van der Waals surface area contributed by atoms with E-state index in [9.17, 15) is 4.79 Å². The first-order valence-electron chi connectivity index (χ1n) is 6.97. The molecule has 5 nitrogen and oxygen atoms in total. The van der Waals surface area contributed by atoms with Crippen LogP contribution in [0.4, 0.5) is 4.79 Å². The molecule has 0 saturated heterocycles. The zero-order valence-corrected chi connectivity index (χ0v) is 12.5. The predicted molar refractivity (Wildman–Crippen MR) is 83.3 cm³/mol. The van der Waals surface area contributed by atoms with E-state index in [2.05, 4.69) is 11.7 Å². The molecule has 0 radical (unpaired) electrons. The molecule has 1 aromatic rings. The van der Waals surface area contributed by atoms with Crippen molar-refractivity contribution < 1.29 is 9.63 Å². The number of carbonyl (C=O) groups excluding carboxylic acids is 1. The van der Waals surface area contributed by atoms with Crippen LogP contribution in [0.2, 0.25) is 0 Å². The van der Waals surface area contributed by atoms with Crippen molar-refractivity contribution in [3.63, 3.8) is 0 Å². The lowest BCUT2D eigenvalue weighted by molar-refractivity contribution is 0.0594. The first kappa shape index (κ1) is 15.1. The lowest BCUT2D eigenvalue weighted by atomic mass is 10.1. The van der Waals surface area contributed by atoms with Crippen molar-refractivity contribution in [3.8, 4) is 0 Å². The molecule has 2 amide bonds. The summed E-state index contributed by atoms with van der Waals surface area (Å²) in [5.74, 6) is 0. The summed E-state index contributed by atoms with van der Waals surface area (Å²) in [5, 5.41) is 4.14. The van der Waals surface area contributed by atoms with Crippen LogP contribution in [0.15, 0.2) is 48.1 Å². The highest BCUT2D eigenvalue weighted by molar-refractivity contribution is 6.01. The van der Waals surface area contributed by atoms with E-state index in [1.165, 1.54) is 0 Å². The Kier molecular flexibility index (Phi) is 4.98. The fourth-order valence-corrected chi connectivity index (χ4v) is 2.24. The van der Waals surface area contributed by atoms with Crippen molar-refractivity contribution in [3.05, 3.63) is 48.6 Å². The highest BCUT2D eigenvalue weighted by atomic mass is 16.6. The van der Waals surface area contributed by atoms with E-state index in [4.69, 9.17) is 4.84 Å². The minimum atomic E-state index is -0.107. The Bertz CT molecular complexity index is 526. The molecule has 1 aliphatic rings. The predicted octanol–water partition coefficient (Wildman–Crippen LogP) is 2.35. The molecule has 21 heavy (non-hydrogen) atoms. The Balaban J connectivity index is 1.96. The molecule has 1 atom stereocenters. The highest BCUT2D eigenvalue weighted by Gasteiger charge is 2.26. The maximum Gasteiger partial charge on any atom is 0.319 e. The number of oxime groups is 1. The summed E-state index contributed by atoms with van der Waals surface area (Å²) in [4.78, 5) is 20.8. The third kappa shape index (κ3) is 3.84. The molecule has 1 aromatic carbocycles. The summed E-state index contributed by atoms with van der Waals surface area (Å²) in [6, 6.07) is 9.90. The van der Waals surface area contributed by atoms with Gasteiger partial charge in [-0.2, -0.15) is 0 Å². The number of benzene rings is 1. The lowest BCUT2D eigenvalue weighted by Gasteiger charge is -2.26. The van der Waals surface area contributed by atoms with E-state index in [0.717, 1.165) is 11.3 Å². The van der Waals surface area contributed by atoms with E-state index < -0.39 is 0 Å². The smallest absolute Gasteiger partial charge is 0.319 e. The van der Waals surface area contributed by atoms with Crippen LogP contribution in [0.3, 0.4) is 0 Å². The third-order valence-corrected chi connectivity index (χ3v) is 3.27. The van der Waals surface area contributed by atoms with Gasteiger partial charge in [0, 0.05) is 27.1 Å². The second kappa shape index (κ2) is 6.92. The molecule has 5 heteroatoms. The number of hydrogen-bond donors (Lipinski definition) is 0. The van der Waals surface area contributed by atoms with Crippen molar-refractivity contribution >= 4 is 11.7 Å². The lowest BCUT2D eigenvalue weighted by Crippen LogP contribution is -2.43. The average molecular weight is 287 g/mol. The summed E-state index contributed by atoms with van der Waals surface area (Å²) < 4.78 is 0. The molecule has 2 rings (SSSR count). The van der Waals surface area contributed by atoms with Crippen molar-refractivity contribution in [2.24, 2.45) is 5.16 Å². The van der Waals surface area contributed by atoms with Gasteiger partial charge >= 0.3 is 6.03 Å². The molecule has 1 unspecified atom stereocenters. The Morgan fingerprint density at radius 3 is 2.76 bits per heavy atom. The van der Waals surface area contributed by atoms with E-state index in [-0.39, 0.29) is 12.1 Å². The Morgan fingerprint density at radius 1 is 1.43 bits per heavy atom. The fourth-order valence-electron chi connectivity index (χ4n) is 2.24. The third-order valence-electron chi connectivity index (χ3n) is 3.27. The standard InChI is InChI=1S/C16H21N3O2/c1-4-10-19(16(20)18(2)3)12-14-11-15(17-21-14)13-8-6-5-7-9-13/h4-9,14H,1,10-12H2,2-3H3. The van der Waals surface area contributed by atoms with Gasteiger partial charge in [0.25, 0.3) is 0 Å². The van der Waals surface area contributed by atoms with Crippen molar-refractivity contribution in [2.45, 2.75) is 12.5 Å².